The zero-order valence-electron chi connectivity index (χ0n) is 39.0. The van der Waals surface area contributed by atoms with Gasteiger partial charge in [0, 0.05) is 84.2 Å². The Hall–Kier alpha value is -4.80. The van der Waals surface area contributed by atoms with Gasteiger partial charge in [0.05, 0.1) is 6.61 Å². The fourth-order valence-corrected chi connectivity index (χ4v) is 6.65. The van der Waals surface area contributed by atoms with Gasteiger partial charge in [-0.05, 0) is 0 Å². The van der Waals surface area contributed by atoms with Gasteiger partial charge < -0.3 is 166 Å². The van der Waals surface area contributed by atoms with Crippen LogP contribution < -0.4 is 0 Å². The molecular formula is C41H68O33. The van der Waals surface area contributed by atoms with Gasteiger partial charge in [-0.15, -0.1) is 0 Å². The lowest BCUT2D eigenvalue weighted by Crippen LogP contribution is -2.61. The lowest BCUT2D eigenvalue weighted by Gasteiger charge is -2.43. The van der Waals surface area contributed by atoms with Gasteiger partial charge in [0.25, 0.3) is 0 Å². The minimum atomic E-state index is -2.80. The molecule has 3 aliphatic rings. The van der Waals surface area contributed by atoms with Crippen LogP contribution in [0, 0.1) is 0 Å². The fourth-order valence-electron chi connectivity index (χ4n) is 6.65. The van der Waals surface area contributed by atoms with Gasteiger partial charge in [-0.25, -0.2) is 0 Å². The van der Waals surface area contributed by atoms with E-state index in [4.69, 9.17) is 37.9 Å². The molecule has 0 saturated carbocycles. The zero-order valence-corrected chi connectivity index (χ0v) is 39.0. The second-order valence-electron chi connectivity index (χ2n) is 15.8. The van der Waals surface area contributed by atoms with Crippen LogP contribution in [-0.2, 0) is 37.9 Å². The molecule has 3 rings (SSSR count). The maximum Gasteiger partial charge on any atom is 0.319 e. The summed E-state index contributed by atoms with van der Waals surface area (Å²) in [5.41, 5.74) is 0. The van der Waals surface area contributed by atoms with E-state index in [1.807, 2.05) is 0 Å². The number of rotatable bonds is 13. The number of hydrogen-bond acceptors (Lipinski definition) is 33. The minimum absolute atomic E-state index is 0.385. The molecule has 16 unspecified atom stereocenters. The molecule has 430 valence electrons. The Morgan fingerprint density at radius 2 is 0.676 bits per heavy atom. The van der Waals surface area contributed by atoms with Crippen molar-refractivity contribution < 1.29 is 166 Å². The van der Waals surface area contributed by atoms with Gasteiger partial charge >= 0.3 is 5.95 Å². The SMILES string of the molecule is OCCC1OC(O)/C(O)=C(\O)C(CCO)OC(O)/C(O)=C(\O)C(CCO)OC(O)/C(O)=C(\O)C(CCO)OC2OC(CO)C(OC(O)/C(O)=C(/O)C(CCO)O/C(O)=C(/O)C(CCO)OC(O)/C=C/1O)C(O)C2O. The van der Waals surface area contributed by atoms with Crippen LogP contribution in [0.4, 0.5) is 0 Å². The van der Waals surface area contributed by atoms with E-state index in [0.717, 1.165) is 0 Å². The molecule has 0 amide bonds. The van der Waals surface area contributed by atoms with Crippen molar-refractivity contribution >= 4 is 0 Å². The third kappa shape index (κ3) is 18.2. The molecule has 16 atom stereocenters. The van der Waals surface area contributed by atoms with Gasteiger partial charge in [0.1, 0.15) is 60.7 Å². The van der Waals surface area contributed by atoms with Gasteiger partial charge in [-0.3, -0.25) is 0 Å². The normalized spacial score (nSPS) is 39.9. The van der Waals surface area contributed by atoms with Crippen LogP contribution in [0.15, 0.2) is 69.6 Å². The van der Waals surface area contributed by atoms with E-state index in [9.17, 15) is 128 Å². The predicted octanol–water partition coefficient (Wildman–Crippen LogP) is -4.94. The van der Waals surface area contributed by atoms with Crippen LogP contribution in [0.2, 0.25) is 0 Å². The first-order chi connectivity index (χ1) is 34.9. The predicted molar refractivity (Wildman–Crippen MR) is 234 cm³/mol. The molecule has 2 bridgehead atoms. The van der Waals surface area contributed by atoms with Gasteiger partial charge in [-0.2, -0.15) is 0 Å². The second-order valence-corrected chi connectivity index (χ2v) is 15.8. The third-order valence-electron chi connectivity index (χ3n) is 10.6. The van der Waals surface area contributed by atoms with Crippen molar-refractivity contribution in [3.05, 3.63) is 69.6 Å². The number of ether oxygens (including phenoxy) is 8. The number of aliphatic hydroxyl groups excluding tert-OH is 25. The third-order valence-corrected chi connectivity index (χ3v) is 10.6. The maximum absolute atomic E-state index is 11.0. The molecule has 33 heteroatoms. The topological polar surface area (TPSA) is 580 Å². The lowest BCUT2D eigenvalue weighted by atomic mass is 9.98. The number of aliphatic hydroxyl groups is 25. The Kier molecular flexibility index (Phi) is 28.2. The molecular weight excluding hydrogens is 1020 g/mol. The molecule has 74 heavy (non-hydrogen) atoms. The van der Waals surface area contributed by atoms with Crippen LogP contribution in [-0.4, -0.2) is 273 Å². The molecule has 0 radical (unpaired) electrons. The molecule has 3 heterocycles. The Morgan fingerprint density at radius 1 is 0.338 bits per heavy atom. The average Bonchev–Trinajstić information content (AvgIpc) is 3.37. The van der Waals surface area contributed by atoms with E-state index in [0.29, 0.717) is 6.08 Å². The van der Waals surface area contributed by atoms with Crippen LogP contribution in [0.25, 0.3) is 0 Å². The van der Waals surface area contributed by atoms with E-state index in [-0.39, 0.29) is 0 Å². The summed E-state index contributed by atoms with van der Waals surface area (Å²) in [6.07, 6.45) is -40.9. The van der Waals surface area contributed by atoms with Crippen molar-refractivity contribution in [2.24, 2.45) is 0 Å². The first-order valence-electron chi connectivity index (χ1n) is 22.2. The Bertz CT molecular complexity index is 1890. The summed E-state index contributed by atoms with van der Waals surface area (Å²) in [7, 11) is 0. The number of hydrogen-bond donors (Lipinski definition) is 25. The summed E-state index contributed by atoms with van der Waals surface area (Å²) in [4.78, 5) is 0. The molecule has 0 aromatic heterocycles. The van der Waals surface area contributed by atoms with Crippen molar-refractivity contribution in [3.8, 4) is 0 Å². The molecule has 0 aromatic rings. The van der Waals surface area contributed by atoms with Gasteiger partial charge in [0.2, 0.25) is 30.9 Å². The highest BCUT2D eigenvalue weighted by Gasteiger charge is 2.48. The van der Waals surface area contributed by atoms with Crippen molar-refractivity contribution in [1.29, 1.82) is 0 Å². The monoisotopic (exact) mass is 1090 g/mol. The summed E-state index contributed by atoms with van der Waals surface area (Å²) in [6.45, 7) is -6.65. The quantitative estimate of drug-likeness (QED) is 0.0822. The standard InChI is InChI=1S/C41H68O33/c42-7-1-16-15(49)13-23(50)67-21(6-12-47)28(55)36(62)69-17(2-8-43)26(53)33(60)40(66)74-35-22(14-48)73-41(34(61)29(35)56)72-20(5-11-46)27(54)32(59)39(65)71-19(4-10-45)25(52)31(58)38(64)70-18(3-9-44)24(51)30(57)37(63)68-16/h13,16-23,29,34-35,37-66H,1-12,14H2/b15-13-,30-24+,31-25+,32-27+,33-26-,36-28+. The molecule has 3 aliphatic heterocycles. The van der Waals surface area contributed by atoms with E-state index < -0.39 is 247 Å². The fraction of sp³-hybridized carbons (Fsp3) is 0.707. The smallest absolute Gasteiger partial charge is 0.319 e. The summed E-state index contributed by atoms with van der Waals surface area (Å²) < 4.78 is 41.4. The summed E-state index contributed by atoms with van der Waals surface area (Å²) in [5, 5.41) is 262. The van der Waals surface area contributed by atoms with Crippen molar-refractivity contribution in [1.82, 2.24) is 0 Å². The Labute approximate surface area is 418 Å². The van der Waals surface area contributed by atoms with E-state index in [1.165, 1.54) is 0 Å². The minimum Gasteiger partial charge on any atom is -0.510 e. The Balaban J connectivity index is 2.83. The molecule has 0 spiro atoms. The second kappa shape index (κ2) is 31.9. The number of fused-ring (bicyclic) bond motifs is 25. The highest BCUT2D eigenvalue weighted by atomic mass is 16.7. The summed E-state index contributed by atoms with van der Waals surface area (Å²) in [5.74, 6) is -16.4. The van der Waals surface area contributed by atoms with Crippen LogP contribution in [0.3, 0.4) is 0 Å². The van der Waals surface area contributed by atoms with E-state index in [1.54, 1.807) is 0 Å². The zero-order chi connectivity index (χ0) is 56.1. The van der Waals surface area contributed by atoms with Crippen molar-refractivity contribution in [3.63, 3.8) is 0 Å². The van der Waals surface area contributed by atoms with Gasteiger partial charge in [0.15, 0.2) is 64.8 Å². The average molecular weight is 1090 g/mol. The largest absolute Gasteiger partial charge is 0.510 e. The molecule has 25 N–H and O–H groups in total. The molecule has 0 aromatic carbocycles. The van der Waals surface area contributed by atoms with Gasteiger partial charge in [-0.1, -0.05) is 0 Å². The van der Waals surface area contributed by atoms with Crippen LogP contribution in [0.5, 0.6) is 0 Å². The first kappa shape index (κ1) is 65.3. The van der Waals surface area contributed by atoms with Crippen LogP contribution in [0.1, 0.15) is 38.5 Å². The summed E-state index contributed by atoms with van der Waals surface area (Å²) >= 11 is 0. The molecule has 1 fully saturated rings. The summed E-state index contributed by atoms with van der Waals surface area (Å²) in [6, 6.07) is 0. The Morgan fingerprint density at radius 3 is 1.08 bits per heavy atom. The molecule has 1 saturated heterocycles. The van der Waals surface area contributed by atoms with E-state index >= 15 is 0 Å². The highest BCUT2D eigenvalue weighted by Crippen LogP contribution is 2.31. The van der Waals surface area contributed by atoms with Crippen molar-refractivity contribution in [2.45, 2.75) is 137 Å². The molecule has 33 nitrogen and oxygen atoms in total. The van der Waals surface area contributed by atoms with Crippen molar-refractivity contribution in [2.75, 3.05) is 46.2 Å². The maximum atomic E-state index is 11.0. The molecule has 0 aliphatic carbocycles. The lowest BCUT2D eigenvalue weighted by molar-refractivity contribution is -0.329. The highest BCUT2D eigenvalue weighted by molar-refractivity contribution is 5.14. The first-order valence-corrected chi connectivity index (χ1v) is 22.2. The van der Waals surface area contributed by atoms with Crippen LogP contribution >= 0.6 is 0 Å². The van der Waals surface area contributed by atoms with E-state index in [2.05, 4.69) is 0 Å².